The van der Waals surface area contributed by atoms with Crippen molar-refractivity contribution >= 4 is 11.6 Å². The molecule has 1 N–H and O–H groups in total. The Morgan fingerprint density at radius 1 is 1.31 bits per heavy atom. The van der Waals surface area contributed by atoms with E-state index < -0.39 is 11.2 Å². The molecule has 1 amide bonds. The number of anilines is 1. The van der Waals surface area contributed by atoms with E-state index >= 15 is 0 Å². The molecule has 0 saturated carbocycles. The number of amides is 1. The van der Waals surface area contributed by atoms with Crippen LogP contribution >= 0.6 is 0 Å². The van der Waals surface area contributed by atoms with Crippen molar-refractivity contribution in [3.8, 4) is 6.07 Å². The van der Waals surface area contributed by atoms with Crippen LogP contribution < -0.4 is 16.1 Å². The molecule has 1 aromatic heterocycles. The Morgan fingerprint density at radius 3 is 2.69 bits per heavy atom. The lowest BCUT2D eigenvalue weighted by Crippen LogP contribution is -2.43. The van der Waals surface area contributed by atoms with Crippen LogP contribution in [-0.2, 0) is 16.8 Å². The smallest absolute Gasteiger partial charge is 0.308 e. The minimum atomic E-state index is -0.719. The zero-order chi connectivity index (χ0) is 19.1. The van der Waals surface area contributed by atoms with Crippen molar-refractivity contribution in [2.75, 3.05) is 4.90 Å². The van der Waals surface area contributed by atoms with Crippen molar-refractivity contribution in [2.45, 2.75) is 45.2 Å². The molecule has 1 atom stereocenters. The van der Waals surface area contributed by atoms with Crippen LogP contribution in [0.3, 0.4) is 0 Å². The van der Waals surface area contributed by atoms with Crippen molar-refractivity contribution in [3.05, 3.63) is 62.4 Å². The number of nitriles is 1. The molecular formula is C19H20N4O3. The van der Waals surface area contributed by atoms with Gasteiger partial charge >= 0.3 is 5.69 Å². The van der Waals surface area contributed by atoms with Crippen LogP contribution in [0.25, 0.3) is 0 Å². The van der Waals surface area contributed by atoms with E-state index in [4.69, 9.17) is 5.26 Å². The molecule has 1 aliphatic rings. The van der Waals surface area contributed by atoms with Gasteiger partial charge in [-0.15, -0.1) is 0 Å². The molecule has 7 heteroatoms. The van der Waals surface area contributed by atoms with E-state index in [1.807, 2.05) is 31.2 Å². The number of hydrogen-bond donors (Lipinski definition) is 1. The van der Waals surface area contributed by atoms with Crippen LogP contribution in [0.4, 0.5) is 5.69 Å². The Morgan fingerprint density at radius 2 is 2.00 bits per heavy atom. The molecule has 134 valence electrons. The van der Waals surface area contributed by atoms with E-state index in [0.717, 1.165) is 11.3 Å². The van der Waals surface area contributed by atoms with Gasteiger partial charge in [0.2, 0.25) is 5.91 Å². The van der Waals surface area contributed by atoms with Gasteiger partial charge in [-0.25, -0.2) is 4.79 Å². The maximum Gasteiger partial charge on any atom is 0.328 e. The van der Waals surface area contributed by atoms with Crippen LogP contribution in [0.2, 0.25) is 0 Å². The van der Waals surface area contributed by atoms with Crippen molar-refractivity contribution in [1.82, 2.24) is 9.55 Å². The van der Waals surface area contributed by atoms with Gasteiger partial charge in [-0.05, 0) is 18.6 Å². The van der Waals surface area contributed by atoms with Crippen LogP contribution in [0.5, 0.6) is 0 Å². The van der Waals surface area contributed by atoms with Crippen LogP contribution in [0, 0.1) is 11.3 Å². The van der Waals surface area contributed by atoms with Gasteiger partial charge in [-0.2, -0.15) is 5.26 Å². The van der Waals surface area contributed by atoms with Crippen LogP contribution in [0.15, 0.2) is 40.1 Å². The van der Waals surface area contributed by atoms with Gasteiger partial charge in [-0.1, -0.05) is 32.0 Å². The lowest BCUT2D eigenvalue weighted by atomic mass is 9.81. The fourth-order valence-corrected chi connectivity index (χ4v) is 3.43. The van der Waals surface area contributed by atoms with Crippen molar-refractivity contribution in [3.63, 3.8) is 0 Å². The molecule has 2 heterocycles. The highest BCUT2D eigenvalue weighted by Gasteiger charge is 2.43. The second kappa shape index (κ2) is 6.30. The first-order valence-corrected chi connectivity index (χ1v) is 8.43. The fraction of sp³-hybridized carbons (Fsp3) is 0.368. The van der Waals surface area contributed by atoms with Gasteiger partial charge in [0, 0.05) is 36.3 Å². The Hall–Kier alpha value is -3.14. The largest absolute Gasteiger partial charge is 0.328 e. The number of para-hydroxylation sites is 1. The second-order valence-corrected chi connectivity index (χ2v) is 7.04. The zero-order valence-electron chi connectivity index (χ0n) is 14.9. The average Bonchev–Trinajstić information content (AvgIpc) is 2.81. The summed E-state index contributed by atoms with van der Waals surface area (Å²) in [5, 5.41) is 8.92. The number of nitrogens with zero attached hydrogens (tertiary/aromatic N) is 3. The number of carbonyl (C=O) groups excluding carboxylic acids is 1. The number of aromatic nitrogens is 2. The standard InChI is InChI=1S/C19H20N4O3/c1-12-19(2,3)14-6-4-5-7-15(14)23(12)16(24)8-9-22-11-13(10-20)17(25)21-18(22)26/h4-7,11-12H,8-9H2,1-3H3,(H,21,25,26). The lowest BCUT2D eigenvalue weighted by Gasteiger charge is -2.30. The van der Waals surface area contributed by atoms with Gasteiger partial charge in [-0.3, -0.25) is 19.1 Å². The Kier molecular flexibility index (Phi) is 4.28. The van der Waals surface area contributed by atoms with Gasteiger partial charge in [0.25, 0.3) is 5.56 Å². The summed E-state index contributed by atoms with van der Waals surface area (Å²) in [7, 11) is 0. The molecule has 0 fully saturated rings. The number of rotatable bonds is 3. The minimum Gasteiger partial charge on any atom is -0.308 e. The van der Waals surface area contributed by atoms with E-state index in [-0.39, 0.29) is 35.9 Å². The summed E-state index contributed by atoms with van der Waals surface area (Å²) in [6.07, 6.45) is 1.28. The molecule has 26 heavy (non-hydrogen) atoms. The summed E-state index contributed by atoms with van der Waals surface area (Å²) in [4.78, 5) is 40.1. The monoisotopic (exact) mass is 352 g/mol. The van der Waals surface area contributed by atoms with Crippen molar-refractivity contribution in [2.24, 2.45) is 0 Å². The van der Waals surface area contributed by atoms with Crippen LogP contribution in [0.1, 0.15) is 38.3 Å². The molecule has 1 aliphatic heterocycles. The quantitative estimate of drug-likeness (QED) is 0.905. The summed E-state index contributed by atoms with van der Waals surface area (Å²) < 4.78 is 1.19. The molecule has 0 radical (unpaired) electrons. The predicted molar refractivity (Wildman–Crippen MR) is 97.1 cm³/mol. The first-order chi connectivity index (χ1) is 12.3. The molecule has 0 spiro atoms. The maximum atomic E-state index is 12.9. The molecule has 7 nitrogen and oxygen atoms in total. The van der Waals surface area contributed by atoms with E-state index in [2.05, 4.69) is 18.8 Å². The van der Waals surface area contributed by atoms with Crippen molar-refractivity contribution < 1.29 is 4.79 Å². The fourth-order valence-electron chi connectivity index (χ4n) is 3.43. The molecule has 3 rings (SSSR count). The highest BCUT2D eigenvalue weighted by molar-refractivity contribution is 5.97. The molecule has 1 aromatic carbocycles. The number of aryl methyl sites for hydroxylation is 1. The van der Waals surface area contributed by atoms with Crippen molar-refractivity contribution in [1.29, 1.82) is 5.26 Å². The van der Waals surface area contributed by atoms with E-state index in [0.29, 0.717) is 0 Å². The van der Waals surface area contributed by atoms with Gasteiger partial charge in [0.15, 0.2) is 0 Å². The Labute approximate surface area is 150 Å². The maximum absolute atomic E-state index is 12.9. The summed E-state index contributed by atoms with van der Waals surface area (Å²) >= 11 is 0. The summed E-state index contributed by atoms with van der Waals surface area (Å²) in [5.74, 6) is -0.105. The summed E-state index contributed by atoms with van der Waals surface area (Å²) in [6, 6.07) is 9.54. The predicted octanol–water partition coefficient (Wildman–Crippen LogP) is 1.51. The molecule has 0 saturated heterocycles. The topological polar surface area (TPSA) is 99.0 Å². The van der Waals surface area contributed by atoms with E-state index in [1.165, 1.54) is 10.8 Å². The van der Waals surface area contributed by atoms with Gasteiger partial charge < -0.3 is 4.90 Å². The average molecular weight is 352 g/mol. The number of nitrogens with one attached hydrogen (secondary N) is 1. The Balaban J connectivity index is 1.85. The minimum absolute atomic E-state index is 0.0191. The van der Waals surface area contributed by atoms with Gasteiger partial charge in [0.1, 0.15) is 11.6 Å². The molecule has 1 unspecified atom stereocenters. The first-order valence-electron chi connectivity index (χ1n) is 8.43. The number of H-pyrrole nitrogens is 1. The Bertz CT molecular complexity index is 1030. The number of hydrogen-bond acceptors (Lipinski definition) is 4. The third kappa shape index (κ3) is 2.73. The third-order valence-corrected chi connectivity index (χ3v) is 5.26. The zero-order valence-corrected chi connectivity index (χ0v) is 14.9. The molecular weight excluding hydrogens is 332 g/mol. The molecule has 2 aromatic rings. The summed E-state index contributed by atoms with van der Waals surface area (Å²) in [5.41, 5.74) is 0.337. The highest BCUT2D eigenvalue weighted by Crippen LogP contribution is 2.45. The van der Waals surface area contributed by atoms with E-state index in [9.17, 15) is 14.4 Å². The number of fused-ring (bicyclic) bond motifs is 1. The number of carbonyl (C=O) groups is 1. The van der Waals surface area contributed by atoms with Crippen LogP contribution in [-0.4, -0.2) is 21.5 Å². The number of aromatic amines is 1. The SMILES string of the molecule is CC1N(C(=O)CCn2cc(C#N)c(=O)[nH]c2=O)c2ccccc2C1(C)C. The molecule has 0 bridgehead atoms. The number of benzene rings is 1. The van der Waals surface area contributed by atoms with Gasteiger partial charge in [0.05, 0.1) is 0 Å². The third-order valence-electron chi connectivity index (χ3n) is 5.26. The summed E-state index contributed by atoms with van der Waals surface area (Å²) in [6.45, 7) is 6.32. The lowest BCUT2D eigenvalue weighted by molar-refractivity contribution is -0.119. The second-order valence-electron chi connectivity index (χ2n) is 7.04. The van der Waals surface area contributed by atoms with E-state index in [1.54, 1.807) is 11.0 Å². The highest BCUT2D eigenvalue weighted by atomic mass is 16.2. The molecule has 0 aliphatic carbocycles. The first kappa shape index (κ1) is 17.7. The normalized spacial score (nSPS) is 17.6.